The van der Waals surface area contributed by atoms with E-state index in [0.29, 0.717) is 13.2 Å². The van der Waals surface area contributed by atoms with Crippen LogP contribution in [0.15, 0.2) is 30.6 Å². The van der Waals surface area contributed by atoms with Crippen molar-refractivity contribution in [2.75, 3.05) is 31.7 Å². The molecule has 6 heteroatoms. The number of nitrogens with one attached hydrogen (secondary N) is 1. The Kier molecular flexibility index (Phi) is 4.70. The fourth-order valence-corrected chi connectivity index (χ4v) is 3.65. The number of rotatable bonds is 6. The van der Waals surface area contributed by atoms with Gasteiger partial charge >= 0.3 is 0 Å². The van der Waals surface area contributed by atoms with Crippen molar-refractivity contribution in [1.29, 1.82) is 0 Å². The fourth-order valence-electron chi connectivity index (χ4n) is 2.56. The van der Waals surface area contributed by atoms with Crippen LogP contribution in [0.5, 0.6) is 0 Å². The lowest BCUT2D eigenvalue weighted by Gasteiger charge is -2.18. The highest BCUT2D eigenvalue weighted by atomic mass is 32.1. The first-order valence-corrected chi connectivity index (χ1v) is 8.13. The fraction of sp³-hybridized carbons (Fsp3) is 0.375. The molecule has 2 aromatic rings. The van der Waals surface area contributed by atoms with E-state index in [-0.39, 0.29) is 5.91 Å². The standard InChI is InChI=1S/C16H19N3O2S/c1-21-8-6-18-16(20)15-9-13-14(22-15)4-7-19(13)11-12-3-2-5-17-10-12/h2-3,5,9-10H,4,6-8,11H2,1H3,(H,18,20). The van der Waals surface area contributed by atoms with Crippen LogP contribution in [0.25, 0.3) is 0 Å². The molecule has 22 heavy (non-hydrogen) atoms. The molecule has 0 unspecified atom stereocenters. The second kappa shape index (κ2) is 6.89. The Morgan fingerprint density at radius 1 is 1.55 bits per heavy atom. The molecule has 0 aromatic carbocycles. The molecular formula is C16H19N3O2S. The van der Waals surface area contributed by atoms with Crippen molar-refractivity contribution in [2.24, 2.45) is 0 Å². The summed E-state index contributed by atoms with van der Waals surface area (Å²) in [6.45, 7) is 2.91. The lowest BCUT2D eigenvalue weighted by atomic mass is 10.2. The smallest absolute Gasteiger partial charge is 0.261 e. The van der Waals surface area contributed by atoms with Gasteiger partial charge in [0.25, 0.3) is 5.91 Å². The van der Waals surface area contributed by atoms with Gasteiger partial charge in [0.2, 0.25) is 0 Å². The summed E-state index contributed by atoms with van der Waals surface area (Å²) in [6, 6.07) is 6.04. The van der Waals surface area contributed by atoms with Gasteiger partial charge in [0, 0.05) is 50.4 Å². The van der Waals surface area contributed by atoms with Crippen LogP contribution in [0.1, 0.15) is 20.1 Å². The molecule has 1 amide bonds. The summed E-state index contributed by atoms with van der Waals surface area (Å²) in [4.78, 5) is 20.6. The number of thiophene rings is 1. The van der Waals surface area contributed by atoms with Gasteiger partial charge in [-0.05, 0) is 17.7 Å². The molecule has 0 fully saturated rings. The van der Waals surface area contributed by atoms with E-state index in [0.717, 1.165) is 24.4 Å². The number of anilines is 1. The minimum absolute atomic E-state index is 0.0159. The van der Waals surface area contributed by atoms with Crippen molar-refractivity contribution >= 4 is 22.9 Å². The molecule has 3 rings (SSSR count). The highest BCUT2D eigenvalue weighted by molar-refractivity contribution is 7.14. The molecule has 0 spiro atoms. The first-order chi connectivity index (χ1) is 10.8. The third-order valence-corrected chi connectivity index (χ3v) is 4.83. The first-order valence-electron chi connectivity index (χ1n) is 7.31. The van der Waals surface area contributed by atoms with E-state index in [1.807, 2.05) is 18.3 Å². The molecule has 1 N–H and O–H groups in total. The van der Waals surface area contributed by atoms with Gasteiger partial charge in [0.05, 0.1) is 17.2 Å². The highest BCUT2D eigenvalue weighted by Crippen LogP contribution is 2.36. The summed E-state index contributed by atoms with van der Waals surface area (Å²) < 4.78 is 4.95. The van der Waals surface area contributed by atoms with Crippen LogP contribution in [-0.2, 0) is 17.7 Å². The molecule has 0 atom stereocenters. The average Bonchev–Trinajstić information content (AvgIpc) is 3.11. The van der Waals surface area contributed by atoms with E-state index in [2.05, 4.69) is 21.3 Å². The van der Waals surface area contributed by atoms with Gasteiger partial charge in [0.1, 0.15) is 0 Å². The maximum atomic E-state index is 12.1. The average molecular weight is 317 g/mol. The van der Waals surface area contributed by atoms with Crippen LogP contribution in [0, 0.1) is 0 Å². The van der Waals surface area contributed by atoms with Crippen LogP contribution in [0.2, 0.25) is 0 Å². The van der Waals surface area contributed by atoms with Gasteiger partial charge in [-0.2, -0.15) is 0 Å². The maximum Gasteiger partial charge on any atom is 0.261 e. The van der Waals surface area contributed by atoms with Crippen molar-refractivity contribution in [2.45, 2.75) is 13.0 Å². The van der Waals surface area contributed by atoms with Crippen molar-refractivity contribution in [1.82, 2.24) is 10.3 Å². The summed E-state index contributed by atoms with van der Waals surface area (Å²) in [7, 11) is 1.63. The van der Waals surface area contributed by atoms with E-state index in [1.165, 1.54) is 16.1 Å². The number of aromatic nitrogens is 1. The van der Waals surface area contributed by atoms with Crippen molar-refractivity contribution in [3.63, 3.8) is 0 Å². The molecule has 5 nitrogen and oxygen atoms in total. The number of hydrogen-bond donors (Lipinski definition) is 1. The molecule has 0 radical (unpaired) electrons. The Labute approximate surface area is 133 Å². The summed E-state index contributed by atoms with van der Waals surface area (Å²) in [5, 5.41) is 2.87. The van der Waals surface area contributed by atoms with E-state index in [4.69, 9.17) is 4.74 Å². The van der Waals surface area contributed by atoms with Gasteiger partial charge in [-0.15, -0.1) is 11.3 Å². The normalized spacial score (nSPS) is 13.2. The van der Waals surface area contributed by atoms with Gasteiger partial charge < -0.3 is 15.0 Å². The van der Waals surface area contributed by atoms with Crippen molar-refractivity contribution < 1.29 is 9.53 Å². The Balaban J connectivity index is 1.68. The summed E-state index contributed by atoms with van der Waals surface area (Å²) >= 11 is 1.59. The number of methoxy groups -OCH3 is 1. The minimum atomic E-state index is -0.0159. The number of hydrogen-bond acceptors (Lipinski definition) is 5. The molecule has 0 saturated carbocycles. The molecule has 116 valence electrons. The Morgan fingerprint density at radius 3 is 3.23 bits per heavy atom. The first kappa shape index (κ1) is 15.0. The quantitative estimate of drug-likeness (QED) is 0.829. The predicted octanol–water partition coefficient (Wildman–Crippen LogP) is 2.08. The third-order valence-electron chi connectivity index (χ3n) is 3.65. The Hall–Kier alpha value is -1.92. The van der Waals surface area contributed by atoms with E-state index >= 15 is 0 Å². The lowest BCUT2D eigenvalue weighted by molar-refractivity contribution is 0.0941. The van der Waals surface area contributed by atoms with Gasteiger partial charge in [-0.25, -0.2) is 0 Å². The molecule has 1 aliphatic rings. The van der Waals surface area contributed by atoms with Gasteiger partial charge in [-0.1, -0.05) is 6.07 Å². The molecule has 0 aliphatic carbocycles. The van der Waals surface area contributed by atoms with Crippen LogP contribution < -0.4 is 10.2 Å². The zero-order chi connectivity index (χ0) is 15.4. The largest absolute Gasteiger partial charge is 0.383 e. The van der Waals surface area contributed by atoms with E-state index < -0.39 is 0 Å². The monoisotopic (exact) mass is 317 g/mol. The Bertz CT molecular complexity index is 642. The summed E-state index contributed by atoms with van der Waals surface area (Å²) in [6.07, 6.45) is 4.68. The zero-order valence-corrected chi connectivity index (χ0v) is 13.4. The van der Waals surface area contributed by atoms with Crippen molar-refractivity contribution in [3.8, 4) is 0 Å². The number of fused-ring (bicyclic) bond motifs is 1. The number of amides is 1. The molecule has 2 aromatic heterocycles. The molecule has 3 heterocycles. The van der Waals surface area contributed by atoms with Crippen LogP contribution in [0.4, 0.5) is 5.69 Å². The van der Waals surface area contributed by atoms with Crippen LogP contribution in [0.3, 0.4) is 0 Å². The van der Waals surface area contributed by atoms with Gasteiger partial charge in [-0.3, -0.25) is 9.78 Å². The van der Waals surface area contributed by atoms with Gasteiger partial charge in [0.15, 0.2) is 0 Å². The molecular weight excluding hydrogens is 298 g/mol. The van der Waals surface area contributed by atoms with Crippen molar-refractivity contribution in [3.05, 3.63) is 45.9 Å². The second-order valence-corrected chi connectivity index (χ2v) is 6.34. The number of pyridine rings is 1. The van der Waals surface area contributed by atoms with Crippen LogP contribution >= 0.6 is 11.3 Å². The summed E-state index contributed by atoms with van der Waals surface area (Å²) in [5.41, 5.74) is 2.37. The molecule has 1 aliphatic heterocycles. The van der Waals surface area contributed by atoms with E-state index in [9.17, 15) is 4.79 Å². The third kappa shape index (κ3) is 3.28. The van der Waals surface area contributed by atoms with E-state index in [1.54, 1.807) is 24.6 Å². The predicted molar refractivity (Wildman–Crippen MR) is 87.5 cm³/mol. The van der Waals surface area contributed by atoms with Crippen LogP contribution in [-0.4, -0.2) is 37.7 Å². The molecule has 0 saturated heterocycles. The second-order valence-electron chi connectivity index (χ2n) is 5.20. The zero-order valence-electron chi connectivity index (χ0n) is 12.5. The SMILES string of the molecule is COCCNC(=O)c1cc2c(s1)CCN2Cc1cccnc1. The maximum absolute atomic E-state index is 12.1. The molecule has 0 bridgehead atoms. The lowest BCUT2D eigenvalue weighted by Crippen LogP contribution is -2.26. The number of nitrogens with zero attached hydrogens (tertiary/aromatic N) is 2. The highest BCUT2D eigenvalue weighted by Gasteiger charge is 2.24. The topological polar surface area (TPSA) is 54.5 Å². The minimum Gasteiger partial charge on any atom is -0.383 e. The number of carbonyl (C=O) groups excluding carboxylic acids is 1. The summed E-state index contributed by atoms with van der Waals surface area (Å²) in [5.74, 6) is -0.0159. The number of carbonyl (C=O) groups is 1. The number of ether oxygens (including phenoxy) is 1. The Morgan fingerprint density at radius 2 is 2.45 bits per heavy atom.